The molecule has 0 radical (unpaired) electrons. The second-order valence-corrected chi connectivity index (χ2v) is 24.6. The molecule has 9 nitrogen and oxygen atoms in total. The predicted molar refractivity (Wildman–Crippen MR) is 153 cm³/mol. The second kappa shape index (κ2) is 12.0. The monoisotopic (exact) mass is 558 g/mol. The minimum absolute atomic E-state index is 0.126. The third kappa shape index (κ3) is 9.21. The van der Waals surface area contributed by atoms with Crippen molar-refractivity contribution in [3.8, 4) is 0 Å². The summed E-state index contributed by atoms with van der Waals surface area (Å²) in [5, 5.41) is 0.126. The number of ether oxygens (including phenoxy) is 1. The van der Waals surface area contributed by atoms with E-state index in [0.29, 0.717) is 50.9 Å². The summed E-state index contributed by atoms with van der Waals surface area (Å²) >= 11 is 0. The summed E-state index contributed by atoms with van der Waals surface area (Å²) in [5.41, 5.74) is 0.410. The van der Waals surface area contributed by atoms with Gasteiger partial charge in [-0.2, -0.15) is 4.31 Å². The highest BCUT2D eigenvalue weighted by Crippen LogP contribution is 2.36. The molecule has 0 aromatic carbocycles. The fraction of sp³-hybridized carbons (Fsp3) is 0.750. The first-order valence-electron chi connectivity index (χ1n) is 12.6. The summed E-state index contributed by atoms with van der Waals surface area (Å²) in [5.74, 6) is 0.324. The van der Waals surface area contributed by atoms with Gasteiger partial charge in [0, 0.05) is 47.1 Å². The quantitative estimate of drug-likeness (QED) is 0.302. The number of nitrogens with zero attached hydrogens (tertiary/aromatic N) is 4. The van der Waals surface area contributed by atoms with Crippen molar-refractivity contribution >= 4 is 38.3 Å². The second-order valence-electron chi connectivity index (χ2n) is 12.2. The summed E-state index contributed by atoms with van der Waals surface area (Å²) < 4.78 is 38.9. The van der Waals surface area contributed by atoms with E-state index >= 15 is 0 Å². The topological polar surface area (TPSA) is 94.0 Å². The summed E-state index contributed by atoms with van der Waals surface area (Å²) in [7, 11) is -6.36. The van der Waals surface area contributed by atoms with Crippen molar-refractivity contribution in [2.24, 2.45) is 0 Å². The third-order valence-corrected chi connectivity index (χ3v) is 14.4. The standard InChI is InChI=1S/C24H46N4O5SSi2/c1-24(2,3)36(8,9)33-16-10-11-21-19-27(20-32-17-18-35(5,6)7)23(29)22(25-21)26-12-14-28(15-13-26)34(4,30)31/h10-11,19H,12-18,20H2,1-9H3/b11-10+. The highest BCUT2D eigenvalue weighted by Gasteiger charge is 2.36. The van der Waals surface area contributed by atoms with Crippen molar-refractivity contribution in [1.82, 2.24) is 13.9 Å². The molecule has 0 aliphatic carbocycles. The summed E-state index contributed by atoms with van der Waals surface area (Å²) in [6.45, 7) is 20.6. The van der Waals surface area contributed by atoms with Gasteiger partial charge in [0.25, 0.3) is 5.56 Å². The van der Waals surface area contributed by atoms with Crippen molar-refractivity contribution < 1.29 is 17.6 Å². The van der Waals surface area contributed by atoms with Crippen molar-refractivity contribution in [3.05, 3.63) is 28.3 Å². The van der Waals surface area contributed by atoms with E-state index < -0.39 is 26.4 Å². The number of anilines is 1. The average Bonchev–Trinajstić information content (AvgIpc) is 2.74. The Labute approximate surface area is 219 Å². The molecule has 0 N–H and O–H groups in total. The van der Waals surface area contributed by atoms with Crippen LogP contribution in [0.15, 0.2) is 17.1 Å². The van der Waals surface area contributed by atoms with Crippen LogP contribution >= 0.6 is 0 Å². The van der Waals surface area contributed by atoms with Crippen LogP contribution in [0, 0.1) is 0 Å². The van der Waals surface area contributed by atoms with Gasteiger partial charge in [0.05, 0.1) is 18.6 Å². The van der Waals surface area contributed by atoms with E-state index in [1.807, 2.05) is 17.1 Å². The molecule has 2 heterocycles. The molecular formula is C24H46N4O5SSi2. The van der Waals surface area contributed by atoms with Crippen LogP contribution < -0.4 is 10.5 Å². The molecule has 1 aliphatic rings. The predicted octanol–water partition coefficient (Wildman–Crippen LogP) is 3.67. The number of aromatic nitrogens is 2. The molecule has 0 atom stereocenters. The van der Waals surface area contributed by atoms with E-state index in [-0.39, 0.29) is 17.3 Å². The molecule has 1 aromatic heterocycles. The van der Waals surface area contributed by atoms with E-state index in [2.05, 4.69) is 58.5 Å². The van der Waals surface area contributed by atoms with Crippen molar-refractivity contribution in [1.29, 1.82) is 0 Å². The van der Waals surface area contributed by atoms with Gasteiger partial charge in [-0.25, -0.2) is 13.4 Å². The van der Waals surface area contributed by atoms with E-state index in [1.54, 1.807) is 10.8 Å². The number of sulfonamides is 1. The van der Waals surface area contributed by atoms with E-state index in [0.717, 1.165) is 6.04 Å². The van der Waals surface area contributed by atoms with Crippen molar-refractivity contribution in [3.63, 3.8) is 0 Å². The first kappa shape index (κ1) is 30.9. The lowest BCUT2D eigenvalue weighted by Crippen LogP contribution is -2.50. The van der Waals surface area contributed by atoms with E-state index in [1.165, 1.54) is 10.6 Å². The van der Waals surface area contributed by atoms with Crippen LogP contribution in [0.3, 0.4) is 0 Å². The molecule has 0 amide bonds. The zero-order valence-corrected chi connectivity index (χ0v) is 26.4. The van der Waals surface area contributed by atoms with Gasteiger partial charge in [-0.05, 0) is 30.3 Å². The fourth-order valence-electron chi connectivity index (χ4n) is 3.34. The van der Waals surface area contributed by atoms with Gasteiger partial charge in [0.1, 0.15) is 6.73 Å². The molecule has 0 bridgehead atoms. The SMILES string of the molecule is CC(C)(C)[Si](C)(C)OC/C=C/c1cn(COCC[Si](C)(C)C)c(=O)c(N2CCN(S(C)(=O)=O)CC2)n1. The summed E-state index contributed by atoms with van der Waals surface area (Å²) in [6, 6.07) is 1.02. The minimum atomic E-state index is -3.26. The van der Waals surface area contributed by atoms with Crippen LogP contribution in [0.5, 0.6) is 0 Å². The molecule has 206 valence electrons. The number of hydrogen-bond acceptors (Lipinski definition) is 7. The smallest absolute Gasteiger partial charge is 0.295 e. The third-order valence-electron chi connectivity index (χ3n) is 6.84. The van der Waals surface area contributed by atoms with Crippen LogP contribution in [-0.4, -0.2) is 84.3 Å². The molecule has 2 rings (SSSR count). The van der Waals surface area contributed by atoms with Crippen molar-refractivity contribution in [2.75, 3.05) is 50.5 Å². The lowest BCUT2D eigenvalue weighted by molar-refractivity contribution is 0.0845. The van der Waals surface area contributed by atoms with E-state index in [9.17, 15) is 13.2 Å². The van der Waals surface area contributed by atoms with Crippen LogP contribution in [0.2, 0.25) is 43.8 Å². The maximum Gasteiger partial charge on any atom is 0.295 e. The first-order valence-corrected chi connectivity index (χ1v) is 21.1. The number of piperazine rings is 1. The van der Waals surface area contributed by atoms with Crippen LogP contribution in [0.1, 0.15) is 26.5 Å². The molecule has 1 aliphatic heterocycles. The Balaban J connectivity index is 2.23. The molecule has 1 fully saturated rings. The lowest BCUT2D eigenvalue weighted by atomic mass is 10.2. The molecule has 12 heteroatoms. The maximum atomic E-state index is 13.3. The normalized spacial score (nSPS) is 16.8. The van der Waals surface area contributed by atoms with Crippen LogP contribution in [-0.2, 0) is 25.9 Å². The van der Waals surface area contributed by atoms with Gasteiger partial charge in [0.15, 0.2) is 14.1 Å². The molecular weight excluding hydrogens is 513 g/mol. The first-order chi connectivity index (χ1) is 16.4. The summed E-state index contributed by atoms with van der Waals surface area (Å²) in [4.78, 5) is 19.8. The zero-order valence-electron chi connectivity index (χ0n) is 23.6. The molecule has 1 saturated heterocycles. The highest BCUT2D eigenvalue weighted by atomic mass is 32.2. The number of rotatable bonds is 11. The minimum Gasteiger partial charge on any atom is -0.413 e. The Morgan fingerprint density at radius 1 is 1.08 bits per heavy atom. The number of hydrogen-bond donors (Lipinski definition) is 0. The van der Waals surface area contributed by atoms with Gasteiger partial charge in [-0.3, -0.25) is 9.36 Å². The van der Waals surface area contributed by atoms with Gasteiger partial charge < -0.3 is 14.1 Å². The molecule has 0 unspecified atom stereocenters. The fourth-order valence-corrected chi connectivity index (χ4v) is 5.87. The molecule has 0 saturated carbocycles. The van der Waals surface area contributed by atoms with Crippen molar-refractivity contribution in [2.45, 2.75) is 71.3 Å². The zero-order chi connectivity index (χ0) is 27.4. The largest absolute Gasteiger partial charge is 0.413 e. The van der Waals surface area contributed by atoms with Gasteiger partial charge in [0.2, 0.25) is 10.0 Å². The average molecular weight is 559 g/mol. The van der Waals surface area contributed by atoms with Crippen LogP contribution in [0.25, 0.3) is 6.08 Å². The summed E-state index contributed by atoms with van der Waals surface area (Å²) in [6.07, 6.45) is 6.75. The van der Waals surface area contributed by atoms with Crippen LogP contribution in [0.4, 0.5) is 5.82 Å². The van der Waals surface area contributed by atoms with Gasteiger partial charge >= 0.3 is 0 Å². The Hall–Kier alpha value is -1.32. The van der Waals surface area contributed by atoms with Gasteiger partial charge in [-0.1, -0.05) is 46.5 Å². The van der Waals surface area contributed by atoms with E-state index in [4.69, 9.17) is 9.16 Å². The molecule has 36 heavy (non-hydrogen) atoms. The Bertz CT molecular complexity index is 1070. The Kier molecular flexibility index (Phi) is 10.3. The lowest BCUT2D eigenvalue weighted by Gasteiger charge is -2.35. The molecule has 1 aromatic rings. The molecule has 0 spiro atoms. The highest BCUT2D eigenvalue weighted by molar-refractivity contribution is 7.88. The maximum absolute atomic E-state index is 13.3. The Morgan fingerprint density at radius 3 is 2.22 bits per heavy atom. The van der Waals surface area contributed by atoms with Gasteiger partial charge in [-0.15, -0.1) is 0 Å². The Morgan fingerprint density at radius 2 is 1.69 bits per heavy atom.